The number of rotatable bonds is 2. The summed E-state index contributed by atoms with van der Waals surface area (Å²) in [5.41, 5.74) is -3.50. The second-order valence-electron chi connectivity index (χ2n) is 13.6. The number of H-pyrrole nitrogens is 2. The molecular weight excluding hydrogens is 823 g/mol. The Hall–Kier alpha value is -8.10. The molecule has 0 amide bonds. The van der Waals surface area contributed by atoms with E-state index in [0.717, 1.165) is 0 Å². The van der Waals surface area contributed by atoms with Crippen molar-refractivity contribution >= 4 is 46.4 Å². The number of hydrogen-bond acceptors (Lipinski definition) is 2. The average molecular weight is 843 g/mol. The van der Waals surface area contributed by atoms with E-state index in [1.54, 1.807) is 60.7 Å². The number of nitrogens with one attached hydrogen (secondary N) is 2. The van der Waals surface area contributed by atoms with E-state index in [9.17, 15) is 26.3 Å². The maximum atomic E-state index is 15.8. The summed E-state index contributed by atoms with van der Waals surface area (Å²) in [7, 11) is 0. The van der Waals surface area contributed by atoms with Gasteiger partial charge in [-0.1, -0.05) is 60.1 Å². The Morgan fingerprint density at radius 2 is 0.629 bits per heavy atom. The van der Waals surface area contributed by atoms with Crippen LogP contribution in [-0.2, 0) is 0 Å². The number of aromatic nitrogens is 4. The molecule has 0 aliphatic carbocycles. The number of hydrogen-bond donors (Lipinski definition) is 2. The van der Waals surface area contributed by atoms with Crippen molar-refractivity contribution in [2.75, 3.05) is 0 Å². The van der Waals surface area contributed by atoms with Gasteiger partial charge in [0.2, 0.25) is 11.6 Å². The average Bonchev–Trinajstić information content (AvgIpc) is 4.14. The van der Waals surface area contributed by atoms with Crippen LogP contribution in [0.5, 0.6) is 0 Å². The van der Waals surface area contributed by atoms with Crippen LogP contribution in [0.3, 0.4) is 0 Å². The van der Waals surface area contributed by atoms with Crippen molar-refractivity contribution in [2.24, 2.45) is 0 Å². The lowest BCUT2D eigenvalue weighted by atomic mass is 10.0. The van der Waals surface area contributed by atoms with Gasteiger partial charge in [0, 0.05) is 33.3 Å². The molecule has 8 bridgehead atoms. The predicted molar refractivity (Wildman–Crippen MR) is 214 cm³/mol. The molecule has 0 fully saturated rings. The standard InChI is InChI=1S/C48H20F10N4/c49-39-37(40(50)44(54)47(57)43(39)53)35-31-19-15-27(59-31)25(13-11-23-7-3-1-4-8-23)28-16-20-32(60-28)36(38-41(51)45(55)48(58)46(56)42(38)52)34-22-18-30(62-34)26(29-17-21-33(35)61-29)14-12-24-9-5-2-6-10-24/h1-10,15-22,59-60H. The van der Waals surface area contributed by atoms with Gasteiger partial charge in [0.15, 0.2) is 46.5 Å². The number of nitrogens with zero attached hydrogens (tertiary/aromatic N) is 2. The fourth-order valence-corrected chi connectivity index (χ4v) is 6.96. The highest BCUT2D eigenvalue weighted by atomic mass is 19.2. The van der Waals surface area contributed by atoms with Crippen molar-refractivity contribution in [1.29, 1.82) is 0 Å². The maximum absolute atomic E-state index is 15.8. The molecule has 4 nitrogen and oxygen atoms in total. The molecule has 3 aromatic heterocycles. The second-order valence-corrected chi connectivity index (χ2v) is 13.6. The Balaban J connectivity index is 1.49. The Morgan fingerprint density at radius 3 is 1.02 bits per heavy atom. The van der Waals surface area contributed by atoms with Gasteiger partial charge in [0.1, 0.15) is 0 Å². The van der Waals surface area contributed by atoms with Crippen LogP contribution >= 0.6 is 0 Å². The topological polar surface area (TPSA) is 57.4 Å². The number of benzene rings is 4. The molecule has 0 spiro atoms. The normalized spacial score (nSPS) is 11.6. The van der Waals surface area contributed by atoms with Crippen LogP contribution in [0.1, 0.15) is 45.0 Å². The third-order valence-corrected chi connectivity index (χ3v) is 9.88. The molecule has 14 heteroatoms. The van der Waals surface area contributed by atoms with Crippen LogP contribution in [0, 0.1) is 81.9 Å². The van der Waals surface area contributed by atoms with E-state index >= 15 is 17.6 Å². The maximum Gasteiger partial charge on any atom is 0.200 e. The molecule has 0 radical (unpaired) electrons. The molecular formula is C48H20F10N4. The first-order valence-electron chi connectivity index (χ1n) is 18.2. The van der Waals surface area contributed by atoms with Gasteiger partial charge in [-0.2, -0.15) is 0 Å². The molecule has 62 heavy (non-hydrogen) atoms. The van der Waals surface area contributed by atoms with Crippen molar-refractivity contribution < 1.29 is 43.9 Å². The summed E-state index contributed by atoms with van der Waals surface area (Å²) in [6.07, 6.45) is 5.17. The second kappa shape index (κ2) is 15.5. The fraction of sp³-hybridized carbons (Fsp3) is 0. The first kappa shape index (κ1) is 39.4. The molecule has 7 aromatic rings. The van der Waals surface area contributed by atoms with Gasteiger partial charge in [-0.25, -0.2) is 53.9 Å². The van der Waals surface area contributed by atoms with E-state index in [1.807, 2.05) is 0 Å². The highest BCUT2D eigenvalue weighted by Crippen LogP contribution is 2.40. The first-order chi connectivity index (χ1) is 29.9. The molecule has 0 unspecified atom stereocenters. The van der Waals surface area contributed by atoms with Gasteiger partial charge in [0.25, 0.3) is 0 Å². The van der Waals surface area contributed by atoms with Gasteiger partial charge in [0.05, 0.1) is 56.1 Å². The zero-order valence-electron chi connectivity index (χ0n) is 31.1. The third-order valence-electron chi connectivity index (χ3n) is 9.88. The highest BCUT2D eigenvalue weighted by molar-refractivity contribution is 5.96. The molecule has 0 atom stereocenters. The molecule has 4 aromatic carbocycles. The Morgan fingerprint density at radius 1 is 0.306 bits per heavy atom. The van der Waals surface area contributed by atoms with Gasteiger partial charge in [-0.05, 0) is 72.8 Å². The van der Waals surface area contributed by atoms with Crippen molar-refractivity contribution in [2.45, 2.75) is 0 Å². The zero-order chi connectivity index (χ0) is 43.4. The molecule has 0 saturated heterocycles. The molecule has 2 N–H and O–H groups in total. The monoisotopic (exact) mass is 842 g/mol. The first-order valence-corrected chi connectivity index (χ1v) is 18.2. The number of aromatic amines is 2. The zero-order valence-corrected chi connectivity index (χ0v) is 31.1. The van der Waals surface area contributed by atoms with Gasteiger partial charge < -0.3 is 9.97 Å². The van der Waals surface area contributed by atoms with Crippen molar-refractivity contribution in [1.82, 2.24) is 19.9 Å². The quantitative estimate of drug-likeness (QED) is 0.0788. The Labute approximate surface area is 343 Å². The summed E-state index contributed by atoms with van der Waals surface area (Å²) in [6, 6.07) is 22.4. The van der Waals surface area contributed by atoms with E-state index in [4.69, 9.17) is 0 Å². The van der Waals surface area contributed by atoms with Gasteiger partial charge in [-0.15, -0.1) is 0 Å². The smallest absolute Gasteiger partial charge is 0.200 e. The van der Waals surface area contributed by atoms with Crippen LogP contribution in [0.25, 0.3) is 68.6 Å². The van der Waals surface area contributed by atoms with E-state index < -0.39 is 80.4 Å². The molecule has 2 aliphatic rings. The van der Waals surface area contributed by atoms with Crippen molar-refractivity contribution in [3.63, 3.8) is 0 Å². The van der Waals surface area contributed by atoms with Gasteiger partial charge in [-0.3, -0.25) is 0 Å². The van der Waals surface area contributed by atoms with E-state index in [1.165, 1.54) is 48.6 Å². The Kier molecular flexibility index (Phi) is 9.84. The molecule has 9 rings (SSSR count). The highest BCUT2D eigenvalue weighted by Gasteiger charge is 2.31. The van der Waals surface area contributed by atoms with E-state index in [-0.39, 0.29) is 56.0 Å². The summed E-state index contributed by atoms with van der Waals surface area (Å²) >= 11 is 0. The summed E-state index contributed by atoms with van der Waals surface area (Å²) in [5, 5.41) is 0. The van der Waals surface area contributed by atoms with Crippen LogP contribution in [0.15, 0.2) is 84.9 Å². The molecule has 302 valence electrons. The number of halogens is 10. The lowest BCUT2D eigenvalue weighted by molar-refractivity contribution is 0.381. The summed E-state index contributed by atoms with van der Waals surface area (Å²) in [5.74, 6) is -10.3. The third kappa shape index (κ3) is 6.68. The minimum absolute atomic E-state index is 0.0156. The summed E-state index contributed by atoms with van der Waals surface area (Å²) < 4.78 is 152. The SMILES string of the molecule is Fc1c(F)c(F)c(-c2c3nc(c(C#Cc4ccccc4)c4nc(c(-c5c(F)c(F)c(F)c(F)c5F)c5ccc([nH]5)c(C#Cc5ccccc5)c5ccc2[nH]5)C=C4)C=C3)c(F)c1F. The molecule has 5 heterocycles. The lowest BCUT2D eigenvalue weighted by Crippen LogP contribution is -2.05. The molecule has 2 aliphatic heterocycles. The van der Waals surface area contributed by atoms with E-state index in [2.05, 4.69) is 43.6 Å². The predicted octanol–water partition coefficient (Wildman–Crippen LogP) is 12.2. The fourth-order valence-electron chi connectivity index (χ4n) is 6.96. The Bertz CT molecular complexity index is 3190. The van der Waals surface area contributed by atoms with E-state index in [0.29, 0.717) is 11.1 Å². The number of fused-ring (bicyclic) bond motifs is 8. The van der Waals surface area contributed by atoms with Crippen LogP contribution < -0.4 is 0 Å². The minimum atomic E-state index is -2.37. The van der Waals surface area contributed by atoms with Crippen LogP contribution in [-0.4, -0.2) is 19.9 Å². The lowest BCUT2D eigenvalue weighted by Gasteiger charge is -2.10. The minimum Gasteiger partial charge on any atom is -0.354 e. The van der Waals surface area contributed by atoms with Crippen LogP contribution in [0.4, 0.5) is 43.9 Å². The summed E-state index contributed by atoms with van der Waals surface area (Å²) in [4.78, 5) is 15.0. The van der Waals surface area contributed by atoms with Crippen molar-refractivity contribution in [3.8, 4) is 45.9 Å². The largest absolute Gasteiger partial charge is 0.354 e. The van der Waals surface area contributed by atoms with Crippen molar-refractivity contribution in [3.05, 3.63) is 188 Å². The van der Waals surface area contributed by atoms with Crippen LogP contribution in [0.2, 0.25) is 0 Å². The van der Waals surface area contributed by atoms with Gasteiger partial charge >= 0.3 is 0 Å². The summed E-state index contributed by atoms with van der Waals surface area (Å²) in [6.45, 7) is 0. The molecule has 0 saturated carbocycles.